The third-order valence-electron chi connectivity index (χ3n) is 3.17. The van der Waals surface area contributed by atoms with Crippen molar-refractivity contribution < 1.29 is 0 Å². The van der Waals surface area contributed by atoms with Crippen molar-refractivity contribution in [3.05, 3.63) is 46.3 Å². The molecule has 2 rings (SSSR count). The van der Waals surface area contributed by atoms with E-state index in [1.807, 2.05) is 23.5 Å². The highest BCUT2D eigenvalue weighted by Gasteiger charge is 2.12. The Morgan fingerprint density at radius 3 is 2.89 bits per heavy atom. The van der Waals surface area contributed by atoms with Crippen LogP contribution in [0.1, 0.15) is 17.4 Å². The van der Waals surface area contributed by atoms with Crippen LogP contribution in [-0.2, 0) is 13.0 Å². The topological polar surface area (TPSA) is 42.2 Å². The maximum Gasteiger partial charge on any atom is 0.127 e. The molecule has 2 N–H and O–H groups in total. The van der Waals surface area contributed by atoms with Gasteiger partial charge in [0.25, 0.3) is 0 Å². The summed E-state index contributed by atoms with van der Waals surface area (Å²) in [6.45, 7) is 3.08. The van der Waals surface area contributed by atoms with Gasteiger partial charge in [0.15, 0.2) is 0 Å². The minimum Gasteiger partial charge on any atom is -0.383 e. The lowest BCUT2D eigenvalue weighted by Gasteiger charge is -2.24. The summed E-state index contributed by atoms with van der Waals surface area (Å²) in [5.74, 6) is 0.632. The van der Waals surface area contributed by atoms with Crippen LogP contribution in [0.3, 0.4) is 0 Å². The molecule has 0 aromatic carbocycles. The molecule has 0 fully saturated rings. The Kier molecular flexibility index (Phi) is 4.33. The molecule has 0 bridgehead atoms. The Hall–Kier alpha value is -1.39. The number of rotatable bonds is 5. The molecule has 4 heteroatoms. The maximum atomic E-state index is 5.87. The van der Waals surface area contributed by atoms with Crippen molar-refractivity contribution in [3.63, 3.8) is 0 Å². The van der Waals surface area contributed by atoms with Gasteiger partial charge >= 0.3 is 0 Å². The third kappa shape index (κ3) is 3.31. The van der Waals surface area contributed by atoms with Crippen LogP contribution in [0.4, 0.5) is 5.82 Å². The van der Waals surface area contributed by atoms with E-state index < -0.39 is 0 Å². The number of hydrogen-bond donors (Lipinski definition) is 1. The number of likely N-dealkylation sites (N-methyl/N-ethyl adjacent to an activating group) is 1. The van der Waals surface area contributed by atoms with Crippen LogP contribution < -0.4 is 5.73 Å². The number of anilines is 1. The molecule has 0 saturated heterocycles. The minimum atomic E-state index is 0.489. The molecule has 2 aromatic rings. The second kappa shape index (κ2) is 5.98. The fourth-order valence-corrected chi connectivity index (χ4v) is 2.71. The number of aromatic nitrogens is 1. The van der Waals surface area contributed by atoms with Crippen LogP contribution in [0.5, 0.6) is 0 Å². The number of pyridine rings is 1. The highest BCUT2D eigenvalue weighted by Crippen LogP contribution is 2.16. The van der Waals surface area contributed by atoms with Gasteiger partial charge in [-0.05, 0) is 37.9 Å². The SMILES string of the molecule is CC(Cc1cccs1)N(C)Cc1cccnc1N. The normalized spacial score (nSPS) is 12.8. The van der Waals surface area contributed by atoms with Gasteiger partial charge in [0.1, 0.15) is 5.82 Å². The zero-order chi connectivity index (χ0) is 13.0. The second-order valence-electron chi connectivity index (χ2n) is 4.60. The molecule has 2 aromatic heterocycles. The predicted molar refractivity (Wildman–Crippen MR) is 77.6 cm³/mol. The first kappa shape index (κ1) is 13.1. The summed E-state index contributed by atoms with van der Waals surface area (Å²) >= 11 is 1.81. The van der Waals surface area contributed by atoms with E-state index in [1.165, 1.54) is 4.88 Å². The molecule has 0 amide bonds. The molecule has 96 valence electrons. The smallest absolute Gasteiger partial charge is 0.127 e. The van der Waals surface area contributed by atoms with Crippen molar-refractivity contribution in [1.29, 1.82) is 0 Å². The summed E-state index contributed by atoms with van der Waals surface area (Å²) in [5, 5.41) is 2.13. The van der Waals surface area contributed by atoms with Crippen molar-refractivity contribution in [3.8, 4) is 0 Å². The first-order chi connectivity index (χ1) is 8.66. The molecule has 0 spiro atoms. The quantitative estimate of drug-likeness (QED) is 0.900. The molecule has 0 saturated carbocycles. The van der Waals surface area contributed by atoms with Gasteiger partial charge in [0, 0.05) is 29.2 Å². The zero-order valence-electron chi connectivity index (χ0n) is 10.8. The van der Waals surface area contributed by atoms with Gasteiger partial charge in [-0.1, -0.05) is 12.1 Å². The van der Waals surface area contributed by atoms with Gasteiger partial charge in [0.05, 0.1) is 0 Å². The van der Waals surface area contributed by atoms with Gasteiger partial charge in [-0.3, -0.25) is 4.90 Å². The first-order valence-corrected chi connectivity index (χ1v) is 6.96. The monoisotopic (exact) mass is 261 g/mol. The van der Waals surface area contributed by atoms with Crippen LogP contribution >= 0.6 is 11.3 Å². The highest BCUT2D eigenvalue weighted by atomic mass is 32.1. The number of nitrogens with zero attached hydrogens (tertiary/aromatic N) is 2. The van der Waals surface area contributed by atoms with Gasteiger partial charge in [-0.25, -0.2) is 4.98 Å². The molecule has 0 aliphatic heterocycles. The Bertz CT molecular complexity index is 482. The van der Waals surface area contributed by atoms with Gasteiger partial charge < -0.3 is 5.73 Å². The van der Waals surface area contributed by atoms with Crippen LogP contribution in [0, 0.1) is 0 Å². The van der Waals surface area contributed by atoms with Crippen molar-refractivity contribution in [1.82, 2.24) is 9.88 Å². The molecule has 0 aliphatic carbocycles. The van der Waals surface area contributed by atoms with Crippen LogP contribution in [0.15, 0.2) is 35.8 Å². The number of nitrogen functional groups attached to an aromatic ring is 1. The summed E-state index contributed by atoms with van der Waals surface area (Å²) in [6, 6.07) is 8.75. The first-order valence-electron chi connectivity index (χ1n) is 6.09. The predicted octanol–water partition coefficient (Wildman–Crippen LogP) is 2.79. The van der Waals surface area contributed by atoms with E-state index >= 15 is 0 Å². The average molecular weight is 261 g/mol. The molecule has 0 radical (unpaired) electrons. The highest BCUT2D eigenvalue weighted by molar-refractivity contribution is 7.09. The van der Waals surface area contributed by atoms with E-state index in [1.54, 1.807) is 6.20 Å². The van der Waals surface area contributed by atoms with Gasteiger partial charge in [-0.2, -0.15) is 0 Å². The molecular formula is C14H19N3S. The zero-order valence-corrected chi connectivity index (χ0v) is 11.7. The number of thiophene rings is 1. The lowest BCUT2D eigenvalue weighted by atomic mass is 10.1. The molecule has 0 aliphatic rings. The van der Waals surface area contributed by atoms with Gasteiger partial charge in [-0.15, -0.1) is 11.3 Å². The van der Waals surface area contributed by atoms with E-state index in [-0.39, 0.29) is 0 Å². The lowest BCUT2D eigenvalue weighted by Crippen LogP contribution is -2.30. The van der Waals surface area contributed by atoms with E-state index in [2.05, 4.69) is 41.4 Å². The maximum absolute atomic E-state index is 5.87. The van der Waals surface area contributed by atoms with Crippen molar-refractivity contribution >= 4 is 17.2 Å². The van der Waals surface area contributed by atoms with Crippen LogP contribution in [0.2, 0.25) is 0 Å². The second-order valence-corrected chi connectivity index (χ2v) is 5.63. The Morgan fingerprint density at radius 1 is 1.39 bits per heavy atom. The summed E-state index contributed by atoms with van der Waals surface area (Å²) in [6.07, 6.45) is 2.81. The molecule has 18 heavy (non-hydrogen) atoms. The van der Waals surface area contributed by atoms with Crippen molar-refractivity contribution in [2.45, 2.75) is 25.9 Å². The van der Waals surface area contributed by atoms with Gasteiger partial charge in [0.2, 0.25) is 0 Å². The van der Waals surface area contributed by atoms with Crippen molar-refractivity contribution in [2.24, 2.45) is 0 Å². The largest absolute Gasteiger partial charge is 0.383 e. The molecule has 3 nitrogen and oxygen atoms in total. The van der Waals surface area contributed by atoms with E-state index in [0.717, 1.165) is 18.5 Å². The number of nitrogens with two attached hydrogens (primary N) is 1. The van der Waals surface area contributed by atoms with Crippen LogP contribution in [-0.4, -0.2) is 23.0 Å². The van der Waals surface area contributed by atoms with E-state index in [0.29, 0.717) is 11.9 Å². The number of hydrogen-bond acceptors (Lipinski definition) is 4. The molecule has 2 heterocycles. The lowest BCUT2D eigenvalue weighted by molar-refractivity contribution is 0.249. The molecule has 1 unspecified atom stereocenters. The Balaban J connectivity index is 1.95. The van der Waals surface area contributed by atoms with Crippen molar-refractivity contribution in [2.75, 3.05) is 12.8 Å². The molecule has 1 atom stereocenters. The summed E-state index contributed by atoms with van der Waals surface area (Å²) in [5.41, 5.74) is 6.96. The summed E-state index contributed by atoms with van der Waals surface area (Å²) in [7, 11) is 2.13. The van der Waals surface area contributed by atoms with E-state index in [9.17, 15) is 0 Å². The average Bonchev–Trinajstić information content (AvgIpc) is 2.84. The fourth-order valence-electron chi connectivity index (χ4n) is 1.88. The van der Waals surface area contributed by atoms with Crippen LogP contribution in [0.25, 0.3) is 0 Å². The Morgan fingerprint density at radius 2 is 2.22 bits per heavy atom. The summed E-state index contributed by atoms with van der Waals surface area (Å²) < 4.78 is 0. The Labute approximate surface area is 112 Å². The standard InChI is InChI=1S/C14H19N3S/c1-11(9-13-6-4-8-18-13)17(2)10-12-5-3-7-16-14(12)15/h3-8,11H,9-10H2,1-2H3,(H2,15,16). The molecular weight excluding hydrogens is 242 g/mol. The third-order valence-corrected chi connectivity index (χ3v) is 4.07. The fraction of sp³-hybridized carbons (Fsp3) is 0.357. The van der Waals surface area contributed by atoms with E-state index in [4.69, 9.17) is 5.73 Å². The summed E-state index contributed by atoms with van der Waals surface area (Å²) in [4.78, 5) is 7.86. The minimum absolute atomic E-state index is 0.489.